The molecule has 6 nitrogen and oxygen atoms in total. The highest BCUT2D eigenvalue weighted by Gasteiger charge is 2.20. The number of sulfone groups is 1. The third-order valence-corrected chi connectivity index (χ3v) is 4.42. The van der Waals surface area contributed by atoms with Crippen LogP contribution in [0.3, 0.4) is 0 Å². The quantitative estimate of drug-likeness (QED) is 0.825. The van der Waals surface area contributed by atoms with Gasteiger partial charge in [-0.3, -0.25) is 4.68 Å². The molecule has 0 unspecified atom stereocenters. The van der Waals surface area contributed by atoms with Crippen molar-refractivity contribution in [3.63, 3.8) is 0 Å². The van der Waals surface area contributed by atoms with Crippen LogP contribution in [0.4, 0.5) is 5.69 Å². The first-order valence-electron chi connectivity index (χ1n) is 5.32. The molecule has 18 heavy (non-hydrogen) atoms. The van der Waals surface area contributed by atoms with Crippen LogP contribution >= 0.6 is 0 Å². The normalized spacial score (nSPS) is 11.7. The first-order valence-corrected chi connectivity index (χ1v) is 6.97. The average Bonchev–Trinajstić information content (AvgIpc) is 2.67. The van der Waals surface area contributed by atoms with Gasteiger partial charge in [-0.2, -0.15) is 5.10 Å². The number of anilines is 1. The summed E-state index contributed by atoms with van der Waals surface area (Å²) in [6.07, 6.45) is 1.33. The van der Waals surface area contributed by atoms with Crippen LogP contribution in [-0.4, -0.2) is 23.2 Å². The van der Waals surface area contributed by atoms with E-state index in [0.29, 0.717) is 17.1 Å². The Morgan fingerprint density at radius 1 is 1.39 bits per heavy atom. The molecule has 2 rings (SSSR count). The van der Waals surface area contributed by atoms with Gasteiger partial charge >= 0.3 is 0 Å². The van der Waals surface area contributed by atoms with Crippen molar-refractivity contribution in [3.05, 3.63) is 35.9 Å². The van der Waals surface area contributed by atoms with Gasteiger partial charge in [0.25, 0.3) is 0 Å². The molecule has 0 aliphatic heterocycles. The number of hydrogen-bond acceptors (Lipinski definition) is 5. The lowest BCUT2D eigenvalue weighted by atomic mass is 10.2. The molecule has 0 saturated carbocycles. The monoisotopic (exact) mass is 266 g/mol. The van der Waals surface area contributed by atoms with Crippen molar-refractivity contribution < 1.29 is 8.42 Å². The lowest BCUT2D eigenvalue weighted by Crippen LogP contribution is -2.11. The summed E-state index contributed by atoms with van der Waals surface area (Å²) in [4.78, 5) is 4.16. The van der Waals surface area contributed by atoms with Crippen molar-refractivity contribution in [1.29, 1.82) is 0 Å². The van der Waals surface area contributed by atoms with Crippen molar-refractivity contribution in [1.82, 2.24) is 14.8 Å². The van der Waals surface area contributed by atoms with Gasteiger partial charge < -0.3 is 5.73 Å². The lowest BCUT2D eigenvalue weighted by Gasteiger charge is -2.08. The minimum absolute atomic E-state index is 0.187. The summed E-state index contributed by atoms with van der Waals surface area (Å²) in [5.74, 6) is 0.213. The van der Waals surface area contributed by atoms with Gasteiger partial charge in [-0.25, -0.2) is 13.4 Å². The summed E-state index contributed by atoms with van der Waals surface area (Å²) in [6.45, 7) is 1.74. The van der Waals surface area contributed by atoms with Gasteiger partial charge in [-0.05, 0) is 24.6 Å². The molecule has 0 bridgehead atoms. The Bertz CT molecular complexity index is 676. The Morgan fingerprint density at radius 3 is 2.72 bits per heavy atom. The van der Waals surface area contributed by atoms with Gasteiger partial charge in [0.2, 0.25) is 0 Å². The van der Waals surface area contributed by atoms with E-state index < -0.39 is 9.84 Å². The largest absolute Gasteiger partial charge is 0.399 e. The molecule has 0 fully saturated rings. The number of rotatable bonds is 3. The number of nitrogens with two attached hydrogens (primary N) is 1. The molecule has 2 N–H and O–H groups in total. The molecule has 1 aromatic carbocycles. The third kappa shape index (κ3) is 2.35. The molecule has 0 atom stereocenters. The number of aromatic nitrogens is 3. The van der Waals surface area contributed by atoms with Crippen LogP contribution in [0.1, 0.15) is 11.4 Å². The molecule has 96 valence electrons. The molecule has 1 heterocycles. The van der Waals surface area contributed by atoms with Crippen LogP contribution in [0.2, 0.25) is 0 Å². The standard InChI is InChI=1S/C11H14N4O2S/c1-8-3-4-9(12)5-10(8)18(16,17)6-11-13-7-14-15(11)2/h3-5,7H,6,12H2,1-2H3. The van der Waals surface area contributed by atoms with Crippen molar-refractivity contribution in [2.45, 2.75) is 17.6 Å². The predicted octanol–water partition coefficient (Wildman–Crippen LogP) is 0.680. The first kappa shape index (κ1) is 12.6. The molecule has 2 aromatic rings. The van der Waals surface area contributed by atoms with Crippen LogP contribution in [0, 0.1) is 6.92 Å². The van der Waals surface area contributed by atoms with Crippen LogP contribution in [0.25, 0.3) is 0 Å². The maximum atomic E-state index is 12.3. The maximum absolute atomic E-state index is 12.3. The highest BCUT2D eigenvalue weighted by atomic mass is 32.2. The smallest absolute Gasteiger partial charge is 0.185 e. The van der Waals surface area contributed by atoms with Crippen LogP contribution in [-0.2, 0) is 22.6 Å². The number of benzene rings is 1. The minimum Gasteiger partial charge on any atom is -0.399 e. The van der Waals surface area contributed by atoms with E-state index in [4.69, 9.17) is 5.73 Å². The van der Waals surface area contributed by atoms with Gasteiger partial charge in [-0.1, -0.05) is 6.07 Å². The Labute approximate surface area is 105 Å². The Morgan fingerprint density at radius 2 is 2.11 bits per heavy atom. The Kier molecular flexibility index (Phi) is 3.08. The fourth-order valence-electron chi connectivity index (χ4n) is 1.65. The summed E-state index contributed by atoms with van der Waals surface area (Å²) >= 11 is 0. The Hall–Kier alpha value is -1.89. The van der Waals surface area contributed by atoms with E-state index in [2.05, 4.69) is 10.1 Å². The molecule has 1 aromatic heterocycles. The maximum Gasteiger partial charge on any atom is 0.185 e. The number of hydrogen-bond donors (Lipinski definition) is 1. The fourth-order valence-corrected chi connectivity index (χ4v) is 3.28. The van der Waals surface area contributed by atoms with Gasteiger partial charge in [-0.15, -0.1) is 0 Å². The highest BCUT2D eigenvalue weighted by Crippen LogP contribution is 2.21. The fraction of sp³-hybridized carbons (Fsp3) is 0.273. The molecule has 0 aliphatic rings. The van der Waals surface area contributed by atoms with Gasteiger partial charge in [0.1, 0.15) is 17.9 Å². The minimum atomic E-state index is -3.46. The van der Waals surface area contributed by atoms with E-state index in [1.807, 2.05) is 0 Å². The van der Waals surface area contributed by atoms with E-state index in [9.17, 15) is 8.42 Å². The van der Waals surface area contributed by atoms with Gasteiger partial charge in [0, 0.05) is 12.7 Å². The summed E-state index contributed by atoms with van der Waals surface area (Å²) < 4.78 is 26.0. The zero-order chi connectivity index (χ0) is 13.3. The van der Waals surface area contributed by atoms with Gasteiger partial charge in [0.05, 0.1) is 4.90 Å². The SMILES string of the molecule is Cc1ccc(N)cc1S(=O)(=O)Cc1ncnn1C. The second-order valence-electron chi connectivity index (χ2n) is 4.08. The topological polar surface area (TPSA) is 90.9 Å². The zero-order valence-electron chi connectivity index (χ0n) is 10.2. The third-order valence-electron chi connectivity index (χ3n) is 2.67. The van der Waals surface area contributed by atoms with E-state index in [1.54, 1.807) is 26.1 Å². The van der Waals surface area contributed by atoms with Crippen molar-refractivity contribution in [2.75, 3.05) is 5.73 Å². The molecule has 0 amide bonds. The molecule has 0 saturated heterocycles. The van der Waals surface area contributed by atoms with Crippen molar-refractivity contribution >= 4 is 15.5 Å². The second kappa shape index (κ2) is 4.41. The molecule has 0 spiro atoms. The van der Waals surface area contributed by atoms with Crippen molar-refractivity contribution in [3.8, 4) is 0 Å². The highest BCUT2D eigenvalue weighted by molar-refractivity contribution is 7.90. The van der Waals surface area contributed by atoms with E-state index in [1.165, 1.54) is 17.1 Å². The lowest BCUT2D eigenvalue weighted by molar-refractivity contribution is 0.590. The van der Waals surface area contributed by atoms with Crippen LogP contribution in [0.15, 0.2) is 29.4 Å². The Balaban J connectivity index is 2.43. The summed E-state index contributed by atoms with van der Waals surface area (Å²) in [5, 5.41) is 3.85. The molecular formula is C11H14N4O2S. The van der Waals surface area contributed by atoms with Gasteiger partial charge in [0.15, 0.2) is 9.84 Å². The molecule has 0 radical (unpaired) electrons. The predicted molar refractivity (Wildman–Crippen MR) is 67.5 cm³/mol. The summed E-state index contributed by atoms with van der Waals surface area (Å²) in [7, 11) is -1.81. The van der Waals surface area contributed by atoms with E-state index >= 15 is 0 Å². The average molecular weight is 266 g/mol. The zero-order valence-corrected chi connectivity index (χ0v) is 11.0. The number of nitrogens with zero attached hydrogens (tertiary/aromatic N) is 3. The molecular weight excluding hydrogens is 252 g/mol. The second-order valence-corrected chi connectivity index (χ2v) is 6.04. The number of nitrogen functional groups attached to an aromatic ring is 1. The first-order chi connectivity index (χ1) is 8.40. The van der Waals surface area contributed by atoms with E-state index in [-0.39, 0.29) is 10.6 Å². The summed E-state index contributed by atoms with van der Waals surface area (Å²) in [5.41, 5.74) is 6.73. The number of aryl methyl sites for hydroxylation is 2. The molecule has 7 heteroatoms. The molecule has 0 aliphatic carbocycles. The van der Waals surface area contributed by atoms with Crippen LogP contribution < -0.4 is 5.73 Å². The van der Waals surface area contributed by atoms with Crippen LogP contribution in [0.5, 0.6) is 0 Å². The van der Waals surface area contributed by atoms with Crippen molar-refractivity contribution in [2.24, 2.45) is 7.05 Å². The van der Waals surface area contributed by atoms with E-state index in [0.717, 1.165) is 0 Å². The summed E-state index contributed by atoms with van der Waals surface area (Å²) in [6, 6.07) is 4.84.